The Labute approximate surface area is 118 Å². The van der Waals surface area contributed by atoms with Crippen LogP contribution in [0.15, 0.2) is 6.07 Å². The van der Waals surface area contributed by atoms with Gasteiger partial charge in [0.1, 0.15) is 5.69 Å². The molecule has 0 radical (unpaired) electrons. The van der Waals surface area contributed by atoms with Crippen LogP contribution in [0, 0.1) is 12.3 Å². The molecule has 2 heterocycles. The van der Waals surface area contributed by atoms with E-state index in [-0.39, 0.29) is 5.91 Å². The van der Waals surface area contributed by atoms with Crippen LogP contribution in [-0.2, 0) is 4.79 Å². The number of carboxylic acids is 1. The number of piperidine rings is 1. The molecule has 20 heavy (non-hydrogen) atoms. The van der Waals surface area contributed by atoms with Crippen molar-refractivity contribution < 1.29 is 14.7 Å². The summed E-state index contributed by atoms with van der Waals surface area (Å²) in [5.74, 6) is -0.855. The fourth-order valence-corrected chi connectivity index (χ4v) is 2.88. The molecule has 1 amide bonds. The molecule has 0 saturated carbocycles. The maximum atomic E-state index is 12.2. The second-order valence-electron chi connectivity index (χ2n) is 5.56. The van der Waals surface area contributed by atoms with Gasteiger partial charge < -0.3 is 10.0 Å². The van der Waals surface area contributed by atoms with Crippen molar-refractivity contribution in [3.05, 3.63) is 17.5 Å². The van der Waals surface area contributed by atoms with Gasteiger partial charge in [-0.1, -0.05) is 13.3 Å². The predicted molar refractivity (Wildman–Crippen MR) is 73.4 cm³/mol. The monoisotopic (exact) mass is 279 g/mol. The average Bonchev–Trinajstić information content (AvgIpc) is 2.85. The van der Waals surface area contributed by atoms with Gasteiger partial charge in [-0.3, -0.25) is 14.7 Å². The number of nitrogens with one attached hydrogen (secondary N) is 1. The fraction of sp³-hybridized carbons (Fsp3) is 0.643. The van der Waals surface area contributed by atoms with Crippen molar-refractivity contribution in [2.45, 2.75) is 39.5 Å². The van der Waals surface area contributed by atoms with Gasteiger partial charge in [0.2, 0.25) is 0 Å². The van der Waals surface area contributed by atoms with Gasteiger partial charge in [0.15, 0.2) is 0 Å². The third-order valence-corrected chi connectivity index (χ3v) is 4.12. The molecule has 2 rings (SSSR count). The van der Waals surface area contributed by atoms with Gasteiger partial charge in [-0.15, -0.1) is 0 Å². The largest absolute Gasteiger partial charge is 0.481 e. The number of nitrogens with zero attached hydrogens (tertiary/aromatic N) is 2. The molecule has 6 heteroatoms. The summed E-state index contributed by atoms with van der Waals surface area (Å²) < 4.78 is 0. The van der Waals surface area contributed by atoms with E-state index in [2.05, 4.69) is 10.2 Å². The van der Waals surface area contributed by atoms with Crippen LogP contribution in [0.5, 0.6) is 0 Å². The van der Waals surface area contributed by atoms with Crippen LogP contribution in [0.2, 0.25) is 0 Å². The van der Waals surface area contributed by atoms with Crippen LogP contribution in [0.1, 0.15) is 48.8 Å². The SMILES string of the molecule is CCCC1(C(=O)O)CCN(C(=O)c2cc(C)[nH]n2)CC1. The Morgan fingerprint density at radius 2 is 2.10 bits per heavy atom. The molecule has 1 saturated heterocycles. The van der Waals surface area contributed by atoms with E-state index in [0.29, 0.717) is 38.0 Å². The van der Waals surface area contributed by atoms with Crippen LogP contribution in [-0.4, -0.2) is 45.2 Å². The van der Waals surface area contributed by atoms with Crippen molar-refractivity contribution in [2.24, 2.45) is 5.41 Å². The second-order valence-corrected chi connectivity index (χ2v) is 5.56. The van der Waals surface area contributed by atoms with Crippen LogP contribution in [0.3, 0.4) is 0 Å². The minimum absolute atomic E-state index is 0.121. The van der Waals surface area contributed by atoms with E-state index in [9.17, 15) is 14.7 Å². The normalized spacial score (nSPS) is 18.0. The first-order chi connectivity index (χ1) is 9.48. The van der Waals surface area contributed by atoms with Crippen LogP contribution >= 0.6 is 0 Å². The zero-order valence-electron chi connectivity index (χ0n) is 12.0. The summed E-state index contributed by atoms with van der Waals surface area (Å²) >= 11 is 0. The summed E-state index contributed by atoms with van der Waals surface area (Å²) in [4.78, 5) is 25.4. The van der Waals surface area contributed by atoms with E-state index in [4.69, 9.17) is 0 Å². The molecule has 0 aromatic carbocycles. The number of carbonyl (C=O) groups excluding carboxylic acids is 1. The molecular weight excluding hydrogens is 258 g/mol. The molecule has 0 unspecified atom stereocenters. The molecule has 0 spiro atoms. The van der Waals surface area contributed by atoms with Crippen molar-refractivity contribution in [3.63, 3.8) is 0 Å². The summed E-state index contributed by atoms with van der Waals surface area (Å²) in [7, 11) is 0. The first-order valence-electron chi connectivity index (χ1n) is 7.03. The first-order valence-corrected chi connectivity index (χ1v) is 7.03. The quantitative estimate of drug-likeness (QED) is 0.880. The molecule has 1 fully saturated rings. The zero-order valence-corrected chi connectivity index (χ0v) is 12.0. The van der Waals surface area contributed by atoms with Crippen LogP contribution in [0.4, 0.5) is 0 Å². The number of hydrogen-bond acceptors (Lipinski definition) is 3. The summed E-state index contributed by atoms with van der Waals surface area (Å²) in [6, 6.07) is 1.72. The van der Waals surface area contributed by atoms with Crippen molar-refractivity contribution in [1.29, 1.82) is 0 Å². The van der Waals surface area contributed by atoms with Crippen LogP contribution in [0.25, 0.3) is 0 Å². The number of aromatic nitrogens is 2. The Hall–Kier alpha value is -1.85. The van der Waals surface area contributed by atoms with Gasteiger partial charge in [-0.05, 0) is 32.3 Å². The molecule has 2 N–H and O–H groups in total. The molecule has 1 aliphatic rings. The van der Waals surface area contributed by atoms with E-state index >= 15 is 0 Å². The molecule has 0 aliphatic carbocycles. The van der Waals surface area contributed by atoms with Gasteiger partial charge in [0, 0.05) is 18.8 Å². The standard InChI is InChI=1S/C14H21N3O3/c1-3-4-14(13(19)20)5-7-17(8-6-14)12(18)11-9-10(2)15-16-11/h9H,3-8H2,1-2H3,(H,15,16)(H,19,20). The number of carboxylic acid groups (broad SMARTS) is 1. The number of aryl methyl sites for hydroxylation is 1. The highest BCUT2D eigenvalue weighted by molar-refractivity contribution is 5.92. The Morgan fingerprint density at radius 1 is 1.45 bits per heavy atom. The molecule has 6 nitrogen and oxygen atoms in total. The number of aromatic amines is 1. The number of aliphatic carboxylic acids is 1. The lowest BCUT2D eigenvalue weighted by molar-refractivity contribution is -0.152. The number of amides is 1. The fourth-order valence-electron chi connectivity index (χ4n) is 2.88. The Kier molecular flexibility index (Phi) is 4.11. The third kappa shape index (κ3) is 2.69. The van der Waals surface area contributed by atoms with Gasteiger partial charge in [0.05, 0.1) is 5.41 Å². The van der Waals surface area contributed by atoms with Crippen LogP contribution < -0.4 is 0 Å². The summed E-state index contributed by atoms with van der Waals surface area (Å²) in [6.45, 7) is 4.81. The maximum Gasteiger partial charge on any atom is 0.309 e. The molecular formula is C14H21N3O3. The van der Waals surface area contributed by atoms with E-state index in [1.54, 1.807) is 11.0 Å². The lowest BCUT2D eigenvalue weighted by Gasteiger charge is -2.38. The number of hydrogen-bond donors (Lipinski definition) is 2. The average molecular weight is 279 g/mol. The third-order valence-electron chi connectivity index (χ3n) is 4.12. The highest BCUT2D eigenvalue weighted by Gasteiger charge is 2.41. The predicted octanol–water partition coefficient (Wildman–Crippen LogP) is 1.83. The second kappa shape index (κ2) is 5.64. The molecule has 1 aromatic heterocycles. The highest BCUT2D eigenvalue weighted by atomic mass is 16.4. The number of carbonyl (C=O) groups is 2. The summed E-state index contributed by atoms with van der Waals surface area (Å²) in [5.41, 5.74) is 0.588. The van der Waals surface area contributed by atoms with Crippen molar-refractivity contribution >= 4 is 11.9 Å². The minimum Gasteiger partial charge on any atom is -0.481 e. The summed E-state index contributed by atoms with van der Waals surface area (Å²) in [6.07, 6.45) is 2.56. The van der Waals surface area contributed by atoms with Gasteiger partial charge in [-0.25, -0.2) is 0 Å². The Bertz CT molecular complexity index is 502. The lowest BCUT2D eigenvalue weighted by atomic mass is 9.75. The van der Waals surface area contributed by atoms with Crippen molar-refractivity contribution in [1.82, 2.24) is 15.1 Å². The number of likely N-dealkylation sites (tertiary alicyclic amines) is 1. The number of H-pyrrole nitrogens is 1. The molecule has 110 valence electrons. The molecule has 1 aromatic rings. The highest BCUT2D eigenvalue weighted by Crippen LogP contribution is 2.36. The van der Waals surface area contributed by atoms with E-state index in [1.165, 1.54) is 0 Å². The lowest BCUT2D eigenvalue weighted by Crippen LogP contribution is -2.46. The van der Waals surface area contributed by atoms with Crippen molar-refractivity contribution in [3.8, 4) is 0 Å². The van der Waals surface area contributed by atoms with E-state index < -0.39 is 11.4 Å². The topological polar surface area (TPSA) is 86.3 Å². The van der Waals surface area contributed by atoms with E-state index in [1.807, 2.05) is 13.8 Å². The summed E-state index contributed by atoms with van der Waals surface area (Å²) in [5, 5.41) is 16.2. The molecule has 1 aliphatic heterocycles. The first kappa shape index (κ1) is 14.6. The molecule has 0 atom stereocenters. The Balaban J connectivity index is 2.03. The number of rotatable bonds is 4. The van der Waals surface area contributed by atoms with Gasteiger partial charge in [-0.2, -0.15) is 5.10 Å². The zero-order chi connectivity index (χ0) is 14.8. The smallest absolute Gasteiger partial charge is 0.309 e. The van der Waals surface area contributed by atoms with E-state index in [0.717, 1.165) is 12.1 Å². The van der Waals surface area contributed by atoms with Gasteiger partial charge >= 0.3 is 5.97 Å². The Morgan fingerprint density at radius 3 is 2.55 bits per heavy atom. The maximum absolute atomic E-state index is 12.2. The molecule has 0 bridgehead atoms. The van der Waals surface area contributed by atoms with Crippen molar-refractivity contribution in [2.75, 3.05) is 13.1 Å². The minimum atomic E-state index is -0.734. The van der Waals surface area contributed by atoms with Gasteiger partial charge in [0.25, 0.3) is 5.91 Å².